The van der Waals surface area contributed by atoms with Gasteiger partial charge in [-0.25, -0.2) is 0 Å². The van der Waals surface area contributed by atoms with Crippen LogP contribution in [0.1, 0.15) is 312 Å². The Morgan fingerprint density at radius 3 is 1.28 bits per heavy atom. The van der Waals surface area contributed by atoms with E-state index in [9.17, 15) is 33.6 Å². The molecule has 3 saturated carbocycles. The van der Waals surface area contributed by atoms with Gasteiger partial charge in [0, 0.05) is 168 Å². The molecule has 28 heteroatoms. The Balaban J connectivity index is 0.000000141. The molecule has 18 aliphatic rings. The number of hydrogen-bond acceptors (Lipinski definition) is 24. The van der Waals surface area contributed by atoms with Gasteiger partial charge < -0.3 is 75.0 Å². The fraction of sp³-hybridized carbons (Fsp3) is 0.486. The number of rotatable bonds is 7. The maximum Gasteiger partial charge on any atom is 0.167 e. The number of H-pyrrole nitrogens is 1. The number of anilines is 10. The molecule has 1 aromatic heterocycles. The van der Waals surface area contributed by atoms with Crippen molar-refractivity contribution in [2.45, 2.75) is 279 Å². The van der Waals surface area contributed by atoms with E-state index in [-0.39, 0.29) is 161 Å². The number of ketones is 7. The summed E-state index contributed by atoms with van der Waals surface area (Å²) in [5.41, 5.74) is 87.4. The Morgan fingerprint density at radius 2 is 0.805 bits per heavy atom. The van der Waals surface area contributed by atoms with E-state index >= 15 is 0 Å². The molecule has 6 bridgehead atoms. The van der Waals surface area contributed by atoms with E-state index in [1.54, 1.807) is 0 Å². The van der Waals surface area contributed by atoms with Gasteiger partial charge >= 0.3 is 0 Å². The number of benzene rings is 6. The van der Waals surface area contributed by atoms with Gasteiger partial charge in [0.2, 0.25) is 0 Å². The molecule has 0 saturated heterocycles. The predicted octanol–water partition coefficient (Wildman–Crippen LogP) is 21.3. The number of allylic oxidation sites excluding steroid dienone is 8. The summed E-state index contributed by atoms with van der Waals surface area (Å²) < 4.78 is 0. The van der Waals surface area contributed by atoms with Gasteiger partial charge in [-0.15, -0.1) is 27.7 Å². The SMILES string of the molecule is CC.CC.CC.CC.CC.CC1=C2c3cc(C)c4c(c3CC23CCC(C3)C1=O)NNN4.CC1=C2c3ccc4c(c3CC23CCC(C3)C1=O)NNN4.CC1=C2c3ccc4n[nH]nc4c3CC23CCC(C3)C1=O.[CH2-]CC1(CCC(=O)CC)Cc2c(cc(C)c3c2NNN3)C1=O.[CH2-]CC12CCC(=O)C(C)=C1c1cc(C)c3c(c1C2)NNN3.[CH2-]CC1Cc2c(cc(C)c3c2NNN3)C1=O.[Y].[Y].[Y]. The summed E-state index contributed by atoms with van der Waals surface area (Å²) in [5, 5.41) is 11.2. The molecule has 25 nitrogen and oxygen atoms in total. The van der Waals surface area contributed by atoms with Crippen molar-refractivity contribution < 1.29 is 132 Å². The molecule has 25 rings (SSSR count). The van der Waals surface area contributed by atoms with Crippen LogP contribution in [0.25, 0.3) is 33.3 Å². The normalized spacial score (nSPS) is 25.2. The van der Waals surface area contributed by atoms with Gasteiger partial charge in [-0.3, -0.25) is 33.6 Å². The number of aryl methyl sites for hydroxylation is 4. The fourth-order valence-corrected chi connectivity index (χ4v) is 25.3. The van der Waals surface area contributed by atoms with Crippen LogP contribution in [0.4, 0.5) is 56.9 Å². The maximum atomic E-state index is 13.0. The summed E-state index contributed by atoms with van der Waals surface area (Å²) in [6.07, 6.45) is 20.6. The smallest absolute Gasteiger partial charge is 0.167 e. The van der Waals surface area contributed by atoms with Crippen molar-refractivity contribution in [1.29, 1.82) is 0 Å². The van der Waals surface area contributed by atoms with Crippen LogP contribution in [-0.2, 0) is 161 Å². The molecule has 5 aliphatic heterocycles. The molecule has 6 aromatic carbocycles. The Morgan fingerprint density at radius 1 is 0.406 bits per heavy atom. The second-order valence-corrected chi connectivity index (χ2v) is 37.4. The third kappa shape index (κ3) is 17.3. The van der Waals surface area contributed by atoms with Crippen molar-refractivity contribution in [3.05, 3.63) is 181 Å². The van der Waals surface area contributed by atoms with Crippen molar-refractivity contribution in [3.63, 3.8) is 0 Å². The summed E-state index contributed by atoms with van der Waals surface area (Å²) in [6.45, 7) is 50.2. The average molecular weight is 2030 g/mol. The Kier molecular flexibility index (Phi) is 33.0. The molecule has 9 unspecified atom stereocenters. The minimum Gasteiger partial charge on any atom is -0.343 e. The monoisotopic (exact) mass is 2030 g/mol. The number of hydrazine groups is 10. The third-order valence-corrected chi connectivity index (χ3v) is 31.3. The minimum absolute atomic E-state index is 0. The molecule has 13 aliphatic carbocycles. The van der Waals surface area contributed by atoms with E-state index in [1.807, 2.05) is 136 Å². The van der Waals surface area contributed by atoms with Crippen LogP contribution >= 0.6 is 0 Å². The van der Waals surface area contributed by atoms with Crippen LogP contribution in [0.3, 0.4) is 0 Å². The van der Waals surface area contributed by atoms with Crippen molar-refractivity contribution in [2.24, 2.45) is 50.7 Å². The second-order valence-electron chi connectivity index (χ2n) is 37.4. The van der Waals surface area contributed by atoms with Gasteiger partial charge in [-0.2, -0.15) is 34.7 Å². The van der Waals surface area contributed by atoms with Crippen molar-refractivity contribution in [3.8, 4) is 0 Å². The molecule has 16 N–H and O–H groups in total. The number of nitrogens with one attached hydrogen (secondary N) is 16. The van der Waals surface area contributed by atoms with Crippen LogP contribution in [-0.4, -0.2) is 55.9 Å². The summed E-state index contributed by atoms with van der Waals surface area (Å²) >= 11 is 0. The Hall–Kier alpha value is -7.52. The molecular formula is C105H137N18O7Y3-3. The summed E-state index contributed by atoms with van der Waals surface area (Å²) in [4.78, 5) is 86.4. The topological polar surface area (TPSA) is 342 Å². The zero-order chi connectivity index (χ0) is 93.3. The van der Waals surface area contributed by atoms with E-state index in [2.05, 4.69) is 162 Å². The van der Waals surface area contributed by atoms with Crippen LogP contribution in [0.5, 0.6) is 0 Å². The first-order chi connectivity index (χ1) is 62.8. The molecule has 6 heterocycles. The predicted molar refractivity (Wildman–Crippen MR) is 526 cm³/mol. The first kappa shape index (κ1) is 104. The van der Waals surface area contributed by atoms with E-state index in [0.29, 0.717) is 68.1 Å². The van der Waals surface area contributed by atoms with Gasteiger partial charge in [-0.05, 0) is 335 Å². The van der Waals surface area contributed by atoms with Crippen LogP contribution in [0.2, 0.25) is 0 Å². The third-order valence-electron chi connectivity index (χ3n) is 31.3. The van der Waals surface area contributed by atoms with Crippen molar-refractivity contribution in [1.82, 2.24) is 43.1 Å². The molecular weight excluding hydrogens is 1890 g/mol. The first-order valence-electron chi connectivity index (χ1n) is 48.3. The molecule has 133 heavy (non-hydrogen) atoms. The Bertz CT molecular complexity index is 5890. The number of fused-ring (bicyclic) bond motifs is 26. The van der Waals surface area contributed by atoms with Crippen molar-refractivity contribution in [2.75, 3.05) is 54.3 Å². The fourth-order valence-electron chi connectivity index (χ4n) is 25.3. The molecule has 7 aromatic rings. The second kappa shape index (κ2) is 42.0. The largest absolute Gasteiger partial charge is 0.343 e. The molecule has 9 atom stereocenters. The Labute approximate surface area is 862 Å². The molecule has 3 fully saturated rings. The standard InChI is InChI=1S/C17H22N3O2.C17H19N3O.C17H20N3O.C16H17N3O.C16H15N3O.C12H14N3O.5C2H6.3Y/c1-4-11(21)6-7-17(5-2)9-13-12(16(17)22)8-10(3)14-15(13)19-20-18-14;1-8-5-11-12(15-14(8)18-20-19-15)7-17-4-3-10(6-17)16(21)9(2)13(11)17;1-4-17-6-5-13(21)10(3)14(17)11-7-9(2)15-16(12(11)8-17)19-20-18-15;2*1-8-13-10-2-3-12-14(18-19-17-12)11(10)7-16(13)5-4-9(6-16)15(8)20;1-3-7-5-8-9(12(7)16)4-6(2)10-11(8)14-15-13-10;5*1-2;;;/h8,18-20H,2,4-7,9H2,1,3H3;5,10,18-20H,3-4,6-7H2,1-2H3;7,18-20H,1,4-6,8H2,2-3H3;2-3,9,17-19H,4-7H2,1H3;2-3,9H,4-7H2,1H3,(H,17,18,19);4,7,13-15H,1,3,5H2,2H3;5*1-2H3;;;/q-1;;-1;;;-1;;;;;;;;. The van der Waals surface area contributed by atoms with E-state index in [4.69, 9.17) is 0 Å². The molecule has 701 valence electrons. The number of nitrogens with zero attached hydrogens (tertiary/aromatic N) is 2. The number of aromatic nitrogens is 3. The van der Waals surface area contributed by atoms with E-state index in [0.717, 1.165) is 202 Å². The van der Waals surface area contributed by atoms with Crippen LogP contribution < -0.4 is 81.9 Å². The first-order valence-corrected chi connectivity index (χ1v) is 48.3. The molecule has 3 radical (unpaired) electrons. The zero-order valence-corrected chi connectivity index (χ0v) is 90.3. The molecule has 3 spiro atoms. The van der Waals surface area contributed by atoms with E-state index < -0.39 is 5.41 Å². The van der Waals surface area contributed by atoms with Crippen molar-refractivity contribution >= 4 is 131 Å². The van der Waals surface area contributed by atoms with Gasteiger partial charge in [0.1, 0.15) is 16.8 Å². The van der Waals surface area contributed by atoms with Gasteiger partial charge in [-0.1, -0.05) is 88.3 Å². The maximum absolute atomic E-state index is 13.0. The summed E-state index contributed by atoms with van der Waals surface area (Å²) in [7, 11) is 0. The van der Waals surface area contributed by atoms with E-state index in [1.165, 1.54) is 102 Å². The summed E-state index contributed by atoms with van der Waals surface area (Å²) in [6, 6.07) is 16.9. The number of hydrogen-bond donors (Lipinski definition) is 16. The quantitative estimate of drug-likeness (QED) is 0.0659. The summed E-state index contributed by atoms with van der Waals surface area (Å²) in [5.74, 6) is 2.94. The zero-order valence-electron chi connectivity index (χ0n) is 81.8. The number of Topliss-reactive ketones (excluding diaryl/α,β-unsaturated/α-hetero) is 7. The van der Waals surface area contributed by atoms with Gasteiger partial charge in [0.05, 0.1) is 56.9 Å². The van der Waals surface area contributed by atoms with Gasteiger partial charge in [0.15, 0.2) is 34.7 Å². The number of carbonyl (C=O) groups is 7. The number of carbonyl (C=O) groups excluding carboxylic acids is 7. The van der Waals surface area contributed by atoms with Gasteiger partial charge in [0.25, 0.3) is 0 Å². The van der Waals surface area contributed by atoms with Crippen LogP contribution in [0, 0.1) is 99.2 Å². The average Bonchev–Trinajstić information content (AvgIpc) is 1.54. The van der Waals surface area contributed by atoms with Crippen LogP contribution in [0.15, 0.2) is 70.8 Å². The molecule has 0 amide bonds. The minimum atomic E-state index is -0.529. The number of aromatic amines is 1.